The molecule has 2 N–H and O–H groups in total. The molecule has 1 aromatic carbocycles. The van der Waals surface area contributed by atoms with E-state index in [4.69, 9.17) is 28.9 Å². The van der Waals surface area contributed by atoms with Crippen LogP contribution in [0.4, 0.5) is 0 Å². The maximum atomic E-state index is 6.12. The molecular weight excluding hydrogens is 231 g/mol. The van der Waals surface area contributed by atoms with E-state index < -0.39 is 0 Å². The highest BCUT2D eigenvalue weighted by Crippen LogP contribution is 2.30. The molecule has 2 rings (SSSR count). The van der Waals surface area contributed by atoms with Gasteiger partial charge >= 0.3 is 0 Å². The summed E-state index contributed by atoms with van der Waals surface area (Å²) >= 11 is 12.1. The molecule has 2 aromatic rings. The third-order valence-electron chi connectivity index (χ3n) is 2.49. The van der Waals surface area contributed by atoms with E-state index in [9.17, 15) is 0 Å². The van der Waals surface area contributed by atoms with Gasteiger partial charge in [0.1, 0.15) is 0 Å². The van der Waals surface area contributed by atoms with Gasteiger partial charge in [0.2, 0.25) is 0 Å². The molecule has 0 atom stereocenters. The molecule has 0 aliphatic rings. The van der Waals surface area contributed by atoms with Gasteiger partial charge in [-0.25, -0.2) is 0 Å². The first-order chi connectivity index (χ1) is 7.13. The van der Waals surface area contributed by atoms with E-state index in [0.717, 1.165) is 23.1 Å². The number of hydrogen-bond donors (Lipinski definition) is 1. The van der Waals surface area contributed by atoms with Gasteiger partial charge in [0.15, 0.2) is 0 Å². The van der Waals surface area contributed by atoms with Crippen molar-refractivity contribution in [3.8, 4) is 0 Å². The lowest BCUT2D eigenvalue weighted by atomic mass is 10.2. The molecule has 0 radical (unpaired) electrons. The van der Waals surface area contributed by atoms with E-state index >= 15 is 0 Å². The Labute approximate surface area is 98.6 Å². The Kier molecular flexibility index (Phi) is 2.91. The Morgan fingerprint density at radius 3 is 2.67 bits per heavy atom. The second-order valence-electron chi connectivity index (χ2n) is 3.55. The molecule has 0 aliphatic carbocycles. The molecule has 4 heteroatoms. The topological polar surface area (TPSA) is 30.9 Å². The van der Waals surface area contributed by atoms with Crippen molar-refractivity contribution in [2.75, 3.05) is 6.54 Å². The highest BCUT2D eigenvalue weighted by atomic mass is 35.5. The zero-order chi connectivity index (χ0) is 11.0. The number of aromatic nitrogens is 1. The van der Waals surface area contributed by atoms with Crippen molar-refractivity contribution in [3.63, 3.8) is 0 Å². The Hall–Kier alpha value is -0.700. The summed E-state index contributed by atoms with van der Waals surface area (Å²) in [7, 11) is 0. The predicted molar refractivity (Wildman–Crippen MR) is 65.7 cm³/mol. The zero-order valence-corrected chi connectivity index (χ0v) is 9.94. The minimum absolute atomic E-state index is 0.606. The number of fused-ring (bicyclic) bond motifs is 1. The number of nitrogens with zero attached hydrogens (tertiary/aromatic N) is 1. The predicted octanol–water partition coefficient (Wildman–Crippen LogP) is 3.22. The van der Waals surface area contributed by atoms with Crippen LogP contribution in [0, 0.1) is 6.92 Å². The van der Waals surface area contributed by atoms with E-state index in [0.29, 0.717) is 16.6 Å². The van der Waals surface area contributed by atoms with Crippen LogP contribution in [0.5, 0.6) is 0 Å². The molecule has 2 nitrogen and oxygen atoms in total. The largest absolute Gasteiger partial charge is 0.344 e. The van der Waals surface area contributed by atoms with Crippen molar-refractivity contribution in [1.29, 1.82) is 0 Å². The second-order valence-corrected chi connectivity index (χ2v) is 4.39. The smallest absolute Gasteiger partial charge is 0.0514 e. The Balaban J connectivity index is 2.74. The number of halogens is 2. The van der Waals surface area contributed by atoms with Crippen LogP contribution in [0.15, 0.2) is 18.2 Å². The first-order valence-electron chi connectivity index (χ1n) is 4.78. The van der Waals surface area contributed by atoms with Crippen LogP contribution in [-0.4, -0.2) is 11.1 Å². The lowest BCUT2D eigenvalue weighted by molar-refractivity contribution is 0.715. The third-order valence-corrected chi connectivity index (χ3v) is 3.03. The summed E-state index contributed by atoms with van der Waals surface area (Å²) in [6, 6.07) is 5.74. The number of hydrogen-bond acceptors (Lipinski definition) is 1. The van der Waals surface area contributed by atoms with Gasteiger partial charge < -0.3 is 10.3 Å². The van der Waals surface area contributed by atoms with Crippen molar-refractivity contribution < 1.29 is 0 Å². The van der Waals surface area contributed by atoms with Gasteiger partial charge in [0, 0.05) is 29.2 Å². The fourth-order valence-corrected chi connectivity index (χ4v) is 2.38. The van der Waals surface area contributed by atoms with Gasteiger partial charge in [-0.2, -0.15) is 0 Å². The van der Waals surface area contributed by atoms with E-state index in [-0.39, 0.29) is 0 Å². The van der Waals surface area contributed by atoms with Crippen LogP contribution in [0.25, 0.3) is 10.9 Å². The minimum Gasteiger partial charge on any atom is -0.344 e. The summed E-state index contributed by atoms with van der Waals surface area (Å²) in [6.07, 6.45) is 0. The van der Waals surface area contributed by atoms with Gasteiger partial charge in [0.05, 0.1) is 10.5 Å². The SMILES string of the molecule is Cc1cc2c(Cl)cc(Cl)cc2n1CCN. The van der Waals surface area contributed by atoms with Crippen LogP contribution in [0.2, 0.25) is 10.0 Å². The van der Waals surface area contributed by atoms with Crippen molar-refractivity contribution in [2.45, 2.75) is 13.5 Å². The molecule has 15 heavy (non-hydrogen) atoms. The van der Waals surface area contributed by atoms with Crippen LogP contribution >= 0.6 is 23.2 Å². The van der Waals surface area contributed by atoms with Gasteiger partial charge in [-0.05, 0) is 25.1 Å². The van der Waals surface area contributed by atoms with E-state index in [1.54, 1.807) is 6.07 Å². The minimum atomic E-state index is 0.606. The summed E-state index contributed by atoms with van der Waals surface area (Å²) in [5, 5.41) is 2.38. The van der Waals surface area contributed by atoms with Crippen molar-refractivity contribution in [3.05, 3.63) is 33.9 Å². The molecule has 1 aromatic heterocycles. The Morgan fingerprint density at radius 1 is 1.27 bits per heavy atom. The average molecular weight is 243 g/mol. The van der Waals surface area contributed by atoms with Crippen LogP contribution in [0.1, 0.15) is 5.69 Å². The monoisotopic (exact) mass is 242 g/mol. The van der Waals surface area contributed by atoms with Crippen molar-refractivity contribution in [1.82, 2.24) is 4.57 Å². The highest BCUT2D eigenvalue weighted by Gasteiger charge is 2.08. The number of benzene rings is 1. The molecule has 0 saturated carbocycles. The van der Waals surface area contributed by atoms with E-state index in [2.05, 4.69) is 10.6 Å². The molecule has 0 unspecified atom stereocenters. The highest BCUT2D eigenvalue weighted by molar-refractivity contribution is 6.38. The lowest BCUT2D eigenvalue weighted by Gasteiger charge is -2.06. The molecule has 0 spiro atoms. The normalized spacial score (nSPS) is 11.2. The molecule has 80 valence electrons. The Morgan fingerprint density at radius 2 is 2.00 bits per heavy atom. The maximum Gasteiger partial charge on any atom is 0.0514 e. The number of aryl methyl sites for hydroxylation is 1. The van der Waals surface area contributed by atoms with Crippen LogP contribution < -0.4 is 5.73 Å². The summed E-state index contributed by atoms with van der Waals surface area (Å²) in [5.41, 5.74) is 7.77. The van der Waals surface area contributed by atoms with E-state index in [1.165, 1.54) is 0 Å². The molecule has 0 amide bonds. The molecule has 0 aliphatic heterocycles. The number of nitrogens with two attached hydrogens (primary N) is 1. The first-order valence-corrected chi connectivity index (χ1v) is 5.54. The first kappa shape index (κ1) is 10.8. The molecular formula is C11H12Cl2N2. The fourth-order valence-electron chi connectivity index (χ4n) is 1.84. The van der Waals surface area contributed by atoms with Gasteiger partial charge in [0.25, 0.3) is 0 Å². The summed E-state index contributed by atoms with van der Waals surface area (Å²) in [6.45, 7) is 3.43. The maximum absolute atomic E-state index is 6.12. The Bertz CT molecular complexity index is 503. The molecule has 1 heterocycles. The summed E-state index contributed by atoms with van der Waals surface area (Å²) in [4.78, 5) is 0. The zero-order valence-electron chi connectivity index (χ0n) is 8.43. The van der Waals surface area contributed by atoms with Gasteiger partial charge in [-0.15, -0.1) is 0 Å². The van der Waals surface area contributed by atoms with Crippen LogP contribution in [0.3, 0.4) is 0 Å². The van der Waals surface area contributed by atoms with Crippen LogP contribution in [-0.2, 0) is 6.54 Å². The number of rotatable bonds is 2. The summed E-state index contributed by atoms with van der Waals surface area (Å²) < 4.78 is 2.13. The average Bonchev–Trinajstić information content (AvgIpc) is 2.46. The quantitative estimate of drug-likeness (QED) is 0.862. The lowest BCUT2D eigenvalue weighted by Crippen LogP contribution is -2.10. The fraction of sp³-hybridized carbons (Fsp3) is 0.273. The van der Waals surface area contributed by atoms with Crippen molar-refractivity contribution >= 4 is 34.1 Å². The van der Waals surface area contributed by atoms with Gasteiger partial charge in [-0.3, -0.25) is 0 Å². The molecule has 0 bridgehead atoms. The second kappa shape index (κ2) is 4.05. The standard InChI is InChI=1S/C11H12Cl2N2/c1-7-4-9-10(13)5-8(12)6-11(9)15(7)3-2-14/h4-6H,2-3,14H2,1H3. The van der Waals surface area contributed by atoms with Gasteiger partial charge in [-0.1, -0.05) is 23.2 Å². The van der Waals surface area contributed by atoms with Crippen molar-refractivity contribution in [2.24, 2.45) is 5.73 Å². The molecule has 0 saturated heterocycles. The summed E-state index contributed by atoms with van der Waals surface area (Å²) in [5.74, 6) is 0. The third kappa shape index (κ3) is 1.85. The molecule has 0 fully saturated rings. The van der Waals surface area contributed by atoms with E-state index in [1.807, 2.05) is 13.0 Å².